The van der Waals surface area contributed by atoms with E-state index in [-0.39, 0.29) is 22.7 Å². The SMILES string of the molecule is COc1cccc2c(C(=O)N3CCCC3C(=O)Nc3ccc(-c4cnc(-c5ccc(N)cc5)o4)cc3)nc(Cl)cc12. The maximum Gasteiger partial charge on any atom is 0.273 e. The Hall–Kier alpha value is -4.89. The van der Waals surface area contributed by atoms with Crippen molar-refractivity contribution in [3.63, 3.8) is 0 Å². The van der Waals surface area contributed by atoms with Crippen molar-refractivity contribution in [1.29, 1.82) is 0 Å². The predicted octanol–water partition coefficient (Wildman–Crippen LogP) is 6.04. The number of benzene rings is 3. The molecule has 1 unspecified atom stereocenters. The third kappa shape index (κ3) is 5.19. The molecule has 0 radical (unpaired) electrons. The van der Waals surface area contributed by atoms with Crippen LogP contribution < -0.4 is 15.8 Å². The fraction of sp³-hybridized carbons (Fsp3) is 0.161. The zero-order chi connectivity index (χ0) is 28.5. The van der Waals surface area contributed by atoms with Crippen LogP contribution in [0.15, 0.2) is 83.4 Å². The number of oxazole rings is 1. The van der Waals surface area contributed by atoms with Crippen molar-refractivity contribution in [1.82, 2.24) is 14.9 Å². The highest BCUT2D eigenvalue weighted by molar-refractivity contribution is 6.30. The molecule has 206 valence electrons. The Labute approximate surface area is 240 Å². The minimum absolute atomic E-state index is 0.179. The maximum atomic E-state index is 13.7. The number of amides is 2. The van der Waals surface area contributed by atoms with E-state index in [0.29, 0.717) is 58.9 Å². The van der Waals surface area contributed by atoms with Crippen LogP contribution in [-0.2, 0) is 4.79 Å². The summed E-state index contributed by atoms with van der Waals surface area (Å²) in [4.78, 5) is 37.2. The summed E-state index contributed by atoms with van der Waals surface area (Å²) in [5.74, 6) is 1.06. The number of fused-ring (bicyclic) bond motifs is 1. The lowest BCUT2D eigenvalue weighted by Crippen LogP contribution is -2.43. The minimum Gasteiger partial charge on any atom is -0.496 e. The van der Waals surface area contributed by atoms with E-state index < -0.39 is 6.04 Å². The Kier molecular flexibility index (Phi) is 7.03. The topological polar surface area (TPSA) is 124 Å². The number of carbonyl (C=O) groups is 2. The summed E-state index contributed by atoms with van der Waals surface area (Å²) in [6.45, 7) is 0.442. The van der Waals surface area contributed by atoms with Gasteiger partial charge in [-0.1, -0.05) is 23.7 Å². The molecule has 0 spiro atoms. The first-order valence-electron chi connectivity index (χ1n) is 13.1. The van der Waals surface area contributed by atoms with Gasteiger partial charge in [0.2, 0.25) is 11.8 Å². The van der Waals surface area contributed by atoms with E-state index in [1.54, 1.807) is 66.7 Å². The number of nitrogens with one attached hydrogen (secondary N) is 1. The van der Waals surface area contributed by atoms with E-state index in [1.165, 1.54) is 0 Å². The number of nitrogens with two attached hydrogens (primary N) is 1. The number of likely N-dealkylation sites (tertiary alicyclic amines) is 1. The number of nitrogen functional groups attached to an aromatic ring is 1. The summed E-state index contributed by atoms with van der Waals surface area (Å²) in [7, 11) is 1.56. The van der Waals surface area contributed by atoms with Crippen LogP contribution in [-0.4, -0.2) is 46.4 Å². The van der Waals surface area contributed by atoms with E-state index >= 15 is 0 Å². The van der Waals surface area contributed by atoms with Crippen molar-refractivity contribution in [2.24, 2.45) is 0 Å². The molecule has 2 amide bonds. The standard InChI is InChI=1S/C31H26ClN5O4/c1-40-25-6-2-4-22-23(25)16-27(32)36-28(22)31(39)37-15-3-5-24(37)29(38)35-21-13-9-18(10-14-21)26-17-34-30(41-26)19-7-11-20(33)12-8-19/h2,4,6-14,16-17,24H,3,5,15,33H2,1H3,(H,35,38). The van der Waals surface area contributed by atoms with Gasteiger partial charge < -0.3 is 25.1 Å². The van der Waals surface area contributed by atoms with Crippen LogP contribution in [0.1, 0.15) is 23.3 Å². The molecule has 6 rings (SSSR count). The molecule has 5 aromatic rings. The third-order valence-corrected chi connectivity index (χ3v) is 7.34. The number of halogens is 1. The molecule has 3 aromatic carbocycles. The molecule has 0 saturated carbocycles. The number of pyridine rings is 1. The number of methoxy groups -OCH3 is 1. The zero-order valence-corrected chi connectivity index (χ0v) is 22.9. The average molecular weight is 568 g/mol. The maximum absolute atomic E-state index is 13.7. The van der Waals surface area contributed by atoms with Gasteiger partial charge in [0.1, 0.15) is 22.6 Å². The van der Waals surface area contributed by atoms with Gasteiger partial charge in [0.05, 0.1) is 13.3 Å². The molecular formula is C31H26ClN5O4. The summed E-state index contributed by atoms with van der Waals surface area (Å²) in [5.41, 5.74) is 8.86. The van der Waals surface area contributed by atoms with Gasteiger partial charge in [-0.05, 0) is 73.5 Å². The first-order chi connectivity index (χ1) is 19.9. The third-order valence-electron chi connectivity index (χ3n) is 7.14. The Morgan fingerprint density at radius 3 is 2.56 bits per heavy atom. The number of ether oxygens (including phenoxy) is 1. The largest absolute Gasteiger partial charge is 0.496 e. The van der Waals surface area contributed by atoms with Gasteiger partial charge in [-0.2, -0.15) is 0 Å². The lowest BCUT2D eigenvalue weighted by atomic mass is 10.1. The normalized spacial score (nSPS) is 14.8. The van der Waals surface area contributed by atoms with Gasteiger partial charge in [0.15, 0.2) is 5.76 Å². The monoisotopic (exact) mass is 567 g/mol. The Bertz CT molecular complexity index is 1750. The van der Waals surface area contributed by atoms with Crippen LogP contribution in [0.3, 0.4) is 0 Å². The summed E-state index contributed by atoms with van der Waals surface area (Å²) in [6, 6.07) is 21.0. The van der Waals surface area contributed by atoms with Crippen LogP contribution in [0.5, 0.6) is 5.75 Å². The van der Waals surface area contributed by atoms with Gasteiger partial charge in [-0.25, -0.2) is 9.97 Å². The smallest absolute Gasteiger partial charge is 0.273 e. The molecule has 2 aromatic heterocycles. The summed E-state index contributed by atoms with van der Waals surface area (Å²) < 4.78 is 11.4. The van der Waals surface area contributed by atoms with Crippen molar-refractivity contribution >= 4 is 45.6 Å². The highest BCUT2D eigenvalue weighted by atomic mass is 35.5. The number of aromatic nitrogens is 2. The number of rotatable bonds is 6. The van der Waals surface area contributed by atoms with E-state index in [1.807, 2.05) is 24.3 Å². The molecule has 0 aliphatic carbocycles. The van der Waals surface area contributed by atoms with Crippen LogP contribution in [0.25, 0.3) is 33.6 Å². The molecule has 10 heteroatoms. The second-order valence-electron chi connectivity index (χ2n) is 9.72. The van der Waals surface area contributed by atoms with Crippen molar-refractivity contribution in [2.75, 3.05) is 24.7 Å². The van der Waals surface area contributed by atoms with Crippen molar-refractivity contribution < 1.29 is 18.7 Å². The molecule has 1 saturated heterocycles. The number of hydrogen-bond acceptors (Lipinski definition) is 7. The fourth-order valence-corrected chi connectivity index (χ4v) is 5.28. The lowest BCUT2D eigenvalue weighted by molar-refractivity contribution is -0.119. The number of carbonyl (C=O) groups excluding carboxylic acids is 2. The highest BCUT2D eigenvalue weighted by Crippen LogP contribution is 2.32. The van der Waals surface area contributed by atoms with Crippen molar-refractivity contribution in [3.05, 3.63) is 89.8 Å². The second-order valence-corrected chi connectivity index (χ2v) is 10.1. The predicted molar refractivity (Wildman–Crippen MR) is 158 cm³/mol. The van der Waals surface area contributed by atoms with Gasteiger partial charge >= 0.3 is 0 Å². The molecule has 1 aliphatic rings. The van der Waals surface area contributed by atoms with Crippen LogP contribution in [0, 0.1) is 0 Å². The lowest BCUT2D eigenvalue weighted by Gasteiger charge is -2.24. The molecular weight excluding hydrogens is 542 g/mol. The Balaban J connectivity index is 1.18. The van der Waals surface area contributed by atoms with Gasteiger partial charge in [0.25, 0.3) is 5.91 Å². The fourth-order valence-electron chi connectivity index (χ4n) is 5.09. The molecule has 1 aliphatic heterocycles. The quantitative estimate of drug-likeness (QED) is 0.189. The van der Waals surface area contributed by atoms with E-state index in [2.05, 4.69) is 15.3 Å². The van der Waals surface area contributed by atoms with E-state index in [4.69, 9.17) is 26.5 Å². The Morgan fingerprint density at radius 2 is 1.80 bits per heavy atom. The van der Waals surface area contributed by atoms with Gasteiger partial charge in [0, 0.05) is 39.8 Å². The molecule has 3 N–H and O–H groups in total. The second kappa shape index (κ2) is 10.9. The summed E-state index contributed by atoms with van der Waals surface area (Å²) in [6.07, 6.45) is 2.90. The van der Waals surface area contributed by atoms with Crippen molar-refractivity contribution in [2.45, 2.75) is 18.9 Å². The average Bonchev–Trinajstić information content (AvgIpc) is 3.68. The van der Waals surface area contributed by atoms with E-state index in [9.17, 15) is 9.59 Å². The first-order valence-corrected chi connectivity index (χ1v) is 13.5. The molecule has 41 heavy (non-hydrogen) atoms. The molecule has 1 atom stereocenters. The van der Waals surface area contributed by atoms with Crippen LogP contribution in [0.4, 0.5) is 11.4 Å². The number of anilines is 2. The van der Waals surface area contributed by atoms with Crippen molar-refractivity contribution in [3.8, 4) is 28.5 Å². The zero-order valence-electron chi connectivity index (χ0n) is 22.1. The molecule has 3 heterocycles. The van der Waals surface area contributed by atoms with Crippen LogP contribution in [0.2, 0.25) is 5.15 Å². The molecule has 0 bridgehead atoms. The molecule has 9 nitrogen and oxygen atoms in total. The number of nitrogens with zero attached hydrogens (tertiary/aromatic N) is 3. The van der Waals surface area contributed by atoms with Gasteiger partial charge in [-0.15, -0.1) is 0 Å². The summed E-state index contributed by atoms with van der Waals surface area (Å²) in [5, 5.41) is 4.43. The highest BCUT2D eigenvalue weighted by Gasteiger charge is 2.36. The van der Waals surface area contributed by atoms with Gasteiger partial charge in [-0.3, -0.25) is 9.59 Å². The summed E-state index contributed by atoms with van der Waals surface area (Å²) >= 11 is 6.27. The molecule has 1 fully saturated rings. The van der Waals surface area contributed by atoms with E-state index in [0.717, 1.165) is 11.1 Å². The van der Waals surface area contributed by atoms with Crippen LogP contribution >= 0.6 is 11.6 Å². The Morgan fingerprint density at radius 1 is 1.05 bits per heavy atom. The number of hydrogen-bond donors (Lipinski definition) is 2. The first kappa shape index (κ1) is 26.3. The minimum atomic E-state index is -0.639.